The van der Waals surface area contributed by atoms with Crippen LogP contribution in [0.2, 0.25) is 0 Å². The van der Waals surface area contributed by atoms with E-state index in [1.54, 1.807) is 18.4 Å². The van der Waals surface area contributed by atoms with Gasteiger partial charge in [-0.05, 0) is 37.1 Å². The second-order valence-electron chi connectivity index (χ2n) is 6.20. The number of aromatic nitrogens is 1. The van der Waals surface area contributed by atoms with Crippen LogP contribution in [0.4, 0.5) is 4.39 Å². The quantitative estimate of drug-likeness (QED) is 0.868. The van der Waals surface area contributed by atoms with Crippen LogP contribution in [0.1, 0.15) is 18.5 Å². The molecule has 0 unspecified atom stereocenters. The van der Waals surface area contributed by atoms with Gasteiger partial charge in [0.25, 0.3) is 0 Å². The summed E-state index contributed by atoms with van der Waals surface area (Å²) in [7, 11) is 1.51. The largest absolute Gasteiger partial charge is 0.444 e. The predicted octanol–water partition coefficient (Wildman–Crippen LogP) is 2.21. The number of amides is 1. The number of halogens is 1. The SMILES string of the molecule is COCC(=O)NC1CCN(Cc2coc(-c3ccc(F)cc3)n2)CC1. The number of likely N-dealkylation sites (tertiary alicyclic amines) is 1. The summed E-state index contributed by atoms with van der Waals surface area (Å²) >= 11 is 0. The lowest BCUT2D eigenvalue weighted by Crippen LogP contribution is -2.45. The van der Waals surface area contributed by atoms with Gasteiger partial charge >= 0.3 is 0 Å². The molecule has 1 aliphatic heterocycles. The Balaban J connectivity index is 1.49. The summed E-state index contributed by atoms with van der Waals surface area (Å²) < 4.78 is 23.3. The van der Waals surface area contributed by atoms with Crippen molar-refractivity contribution in [2.24, 2.45) is 0 Å². The van der Waals surface area contributed by atoms with Crippen molar-refractivity contribution in [1.82, 2.24) is 15.2 Å². The maximum atomic E-state index is 13.0. The average molecular weight is 347 g/mol. The first kappa shape index (κ1) is 17.6. The molecular formula is C18H22FN3O3. The van der Waals surface area contributed by atoms with Crippen LogP contribution in [0, 0.1) is 5.82 Å². The summed E-state index contributed by atoms with van der Waals surface area (Å²) in [5.74, 6) is 0.147. The molecule has 2 aromatic rings. The molecule has 1 aromatic carbocycles. The Morgan fingerprint density at radius 1 is 1.36 bits per heavy atom. The molecule has 0 spiro atoms. The fraction of sp³-hybridized carbons (Fsp3) is 0.444. The van der Waals surface area contributed by atoms with E-state index in [1.165, 1.54) is 19.2 Å². The lowest BCUT2D eigenvalue weighted by molar-refractivity contribution is -0.125. The summed E-state index contributed by atoms with van der Waals surface area (Å²) in [5, 5.41) is 2.98. The summed E-state index contributed by atoms with van der Waals surface area (Å²) in [6.45, 7) is 2.57. The van der Waals surface area contributed by atoms with E-state index >= 15 is 0 Å². The molecule has 1 saturated heterocycles. The fourth-order valence-electron chi connectivity index (χ4n) is 2.97. The van der Waals surface area contributed by atoms with E-state index in [0.717, 1.165) is 37.2 Å². The van der Waals surface area contributed by atoms with Gasteiger partial charge in [-0.3, -0.25) is 9.69 Å². The van der Waals surface area contributed by atoms with Crippen molar-refractivity contribution in [3.05, 3.63) is 42.0 Å². The van der Waals surface area contributed by atoms with Gasteiger partial charge in [0.1, 0.15) is 18.7 Å². The monoisotopic (exact) mass is 347 g/mol. The summed E-state index contributed by atoms with van der Waals surface area (Å²) in [6, 6.07) is 6.29. The normalized spacial score (nSPS) is 16.1. The third kappa shape index (κ3) is 4.87. The van der Waals surface area contributed by atoms with Gasteiger partial charge in [0.15, 0.2) is 0 Å². The van der Waals surface area contributed by atoms with Crippen molar-refractivity contribution in [3.8, 4) is 11.5 Å². The number of methoxy groups -OCH3 is 1. The van der Waals surface area contributed by atoms with Crippen LogP contribution in [-0.4, -0.2) is 48.6 Å². The number of ether oxygens (including phenoxy) is 1. The predicted molar refractivity (Wildman–Crippen MR) is 90.2 cm³/mol. The molecule has 0 aliphatic carbocycles. The van der Waals surface area contributed by atoms with Crippen LogP contribution in [0.15, 0.2) is 34.9 Å². The Morgan fingerprint density at radius 2 is 2.08 bits per heavy atom. The van der Waals surface area contributed by atoms with Gasteiger partial charge < -0.3 is 14.5 Å². The minimum atomic E-state index is -0.281. The van der Waals surface area contributed by atoms with Gasteiger partial charge in [-0.25, -0.2) is 9.37 Å². The maximum Gasteiger partial charge on any atom is 0.246 e. The number of benzene rings is 1. The molecule has 2 heterocycles. The molecule has 0 bridgehead atoms. The summed E-state index contributed by atoms with van der Waals surface area (Å²) in [6.07, 6.45) is 3.45. The molecule has 1 fully saturated rings. The third-order valence-corrected chi connectivity index (χ3v) is 4.26. The fourth-order valence-corrected chi connectivity index (χ4v) is 2.97. The van der Waals surface area contributed by atoms with Gasteiger partial charge in [0.05, 0.1) is 5.69 Å². The number of carbonyl (C=O) groups is 1. The number of carbonyl (C=O) groups excluding carboxylic acids is 1. The average Bonchev–Trinajstić information content (AvgIpc) is 3.06. The molecule has 6 nitrogen and oxygen atoms in total. The van der Waals surface area contributed by atoms with Crippen molar-refractivity contribution >= 4 is 5.91 Å². The molecule has 1 N–H and O–H groups in total. The highest BCUT2D eigenvalue weighted by Crippen LogP contribution is 2.20. The third-order valence-electron chi connectivity index (χ3n) is 4.26. The molecule has 3 rings (SSSR count). The summed E-state index contributed by atoms with van der Waals surface area (Å²) in [4.78, 5) is 18.3. The number of rotatable bonds is 6. The Labute approximate surface area is 146 Å². The molecule has 1 amide bonds. The highest BCUT2D eigenvalue weighted by molar-refractivity contribution is 5.77. The number of hydrogen-bond donors (Lipinski definition) is 1. The topological polar surface area (TPSA) is 67.6 Å². The van der Waals surface area contributed by atoms with Crippen molar-refractivity contribution in [3.63, 3.8) is 0 Å². The molecular weight excluding hydrogens is 325 g/mol. The minimum absolute atomic E-state index is 0.0682. The van der Waals surface area contributed by atoms with Crippen molar-refractivity contribution in [1.29, 1.82) is 0 Å². The van der Waals surface area contributed by atoms with Gasteiger partial charge in [0, 0.05) is 38.3 Å². The highest BCUT2D eigenvalue weighted by Gasteiger charge is 2.21. The molecule has 7 heteroatoms. The van der Waals surface area contributed by atoms with E-state index in [0.29, 0.717) is 12.4 Å². The Bertz CT molecular complexity index is 694. The van der Waals surface area contributed by atoms with E-state index in [2.05, 4.69) is 15.2 Å². The minimum Gasteiger partial charge on any atom is -0.444 e. The maximum absolute atomic E-state index is 13.0. The molecule has 0 radical (unpaired) electrons. The number of nitrogens with one attached hydrogen (secondary N) is 1. The van der Waals surface area contributed by atoms with Gasteiger partial charge in [-0.15, -0.1) is 0 Å². The van der Waals surface area contributed by atoms with Gasteiger partial charge in [0.2, 0.25) is 11.8 Å². The van der Waals surface area contributed by atoms with E-state index in [1.807, 2.05) is 0 Å². The Morgan fingerprint density at radius 3 is 2.76 bits per heavy atom. The molecule has 134 valence electrons. The first-order chi connectivity index (χ1) is 12.1. The van der Waals surface area contributed by atoms with Crippen LogP contribution in [0.3, 0.4) is 0 Å². The molecule has 1 aromatic heterocycles. The van der Waals surface area contributed by atoms with Crippen LogP contribution in [0.25, 0.3) is 11.5 Å². The first-order valence-electron chi connectivity index (χ1n) is 8.35. The van der Waals surface area contributed by atoms with E-state index < -0.39 is 0 Å². The van der Waals surface area contributed by atoms with E-state index in [-0.39, 0.29) is 24.4 Å². The van der Waals surface area contributed by atoms with Crippen molar-refractivity contribution < 1.29 is 18.3 Å². The van der Waals surface area contributed by atoms with Crippen LogP contribution >= 0.6 is 0 Å². The zero-order chi connectivity index (χ0) is 17.6. The zero-order valence-corrected chi connectivity index (χ0v) is 14.2. The standard InChI is InChI=1S/C18H22FN3O3/c1-24-12-17(23)20-15-6-8-22(9-7-15)10-16-11-25-18(21-16)13-2-4-14(19)5-3-13/h2-5,11,15H,6-10,12H2,1H3,(H,20,23). The van der Waals surface area contributed by atoms with Crippen LogP contribution < -0.4 is 5.32 Å². The number of nitrogens with zero attached hydrogens (tertiary/aromatic N) is 2. The second kappa shape index (κ2) is 8.22. The molecule has 1 aliphatic rings. The molecule has 25 heavy (non-hydrogen) atoms. The smallest absolute Gasteiger partial charge is 0.246 e. The lowest BCUT2D eigenvalue weighted by atomic mass is 10.0. The first-order valence-corrected chi connectivity index (χ1v) is 8.35. The number of piperidine rings is 1. The molecule has 0 atom stereocenters. The number of hydrogen-bond acceptors (Lipinski definition) is 5. The zero-order valence-electron chi connectivity index (χ0n) is 14.2. The Hall–Kier alpha value is -2.25. The van der Waals surface area contributed by atoms with Crippen molar-refractivity contribution in [2.75, 3.05) is 26.8 Å². The Kier molecular flexibility index (Phi) is 5.78. The number of oxazole rings is 1. The van der Waals surface area contributed by atoms with Crippen LogP contribution in [-0.2, 0) is 16.1 Å². The highest BCUT2D eigenvalue weighted by atomic mass is 19.1. The van der Waals surface area contributed by atoms with Gasteiger partial charge in [-0.2, -0.15) is 0 Å². The molecule has 0 saturated carbocycles. The van der Waals surface area contributed by atoms with E-state index in [4.69, 9.17) is 9.15 Å². The van der Waals surface area contributed by atoms with Crippen molar-refractivity contribution in [2.45, 2.75) is 25.4 Å². The summed E-state index contributed by atoms with van der Waals surface area (Å²) in [5.41, 5.74) is 1.61. The van der Waals surface area contributed by atoms with Gasteiger partial charge in [-0.1, -0.05) is 0 Å². The van der Waals surface area contributed by atoms with Crippen LogP contribution in [0.5, 0.6) is 0 Å². The van der Waals surface area contributed by atoms with E-state index in [9.17, 15) is 9.18 Å². The lowest BCUT2D eigenvalue weighted by Gasteiger charge is -2.31. The second-order valence-corrected chi connectivity index (χ2v) is 6.20.